The van der Waals surface area contributed by atoms with Gasteiger partial charge in [0, 0.05) is 27.3 Å². The fraction of sp³-hybridized carbons (Fsp3) is 0.714. The molecule has 1 aromatic heterocycles. The van der Waals surface area contributed by atoms with Crippen LogP contribution in [0.2, 0.25) is 0 Å². The molecule has 1 saturated carbocycles. The molecule has 1 heterocycles. The van der Waals surface area contributed by atoms with Crippen molar-refractivity contribution in [2.45, 2.75) is 44.7 Å². The van der Waals surface area contributed by atoms with Gasteiger partial charge in [-0.1, -0.05) is 19.8 Å². The molecule has 4 heteroatoms. The summed E-state index contributed by atoms with van der Waals surface area (Å²) < 4.78 is 1.17. The Morgan fingerprint density at radius 1 is 1.50 bits per heavy atom. The Hall–Kier alpha value is 0.1000. The zero-order valence-electron chi connectivity index (χ0n) is 11.2. The van der Waals surface area contributed by atoms with Crippen molar-refractivity contribution in [1.82, 2.24) is 4.90 Å². The largest absolute Gasteiger partial charge is 0.329 e. The Bertz CT molecular complexity index is 380. The van der Waals surface area contributed by atoms with Crippen LogP contribution in [0.15, 0.2) is 15.9 Å². The highest BCUT2D eigenvalue weighted by Gasteiger charge is 2.29. The Balaban J connectivity index is 2.11. The van der Waals surface area contributed by atoms with Crippen LogP contribution in [0.5, 0.6) is 0 Å². The maximum atomic E-state index is 6.02. The average Bonchev–Trinajstić information content (AvgIpc) is 2.77. The number of halogens is 1. The molecule has 2 nitrogen and oxygen atoms in total. The molecule has 102 valence electrons. The molecule has 0 bridgehead atoms. The van der Waals surface area contributed by atoms with Crippen molar-refractivity contribution in [2.24, 2.45) is 11.7 Å². The fourth-order valence-corrected chi connectivity index (χ4v) is 4.73. The van der Waals surface area contributed by atoms with E-state index < -0.39 is 0 Å². The molecular formula is C14H23BrN2S. The molecule has 2 rings (SSSR count). The van der Waals surface area contributed by atoms with Gasteiger partial charge in [0.25, 0.3) is 0 Å². The molecule has 0 aromatic carbocycles. The van der Waals surface area contributed by atoms with Crippen LogP contribution in [0.25, 0.3) is 0 Å². The van der Waals surface area contributed by atoms with Crippen LogP contribution < -0.4 is 5.73 Å². The van der Waals surface area contributed by atoms with E-state index in [1.54, 1.807) is 0 Å². The summed E-state index contributed by atoms with van der Waals surface area (Å²) in [6, 6.07) is 3.27. The zero-order valence-corrected chi connectivity index (χ0v) is 13.6. The lowest BCUT2D eigenvalue weighted by Gasteiger charge is -2.40. The van der Waals surface area contributed by atoms with Gasteiger partial charge in [0.2, 0.25) is 0 Å². The summed E-state index contributed by atoms with van der Waals surface area (Å²) in [5, 5.41) is 2.15. The lowest BCUT2D eigenvalue weighted by atomic mass is 9.84. The Kier molecular flexibility index (Phi) is 5.24. The highest BCUT2D eigenvalue weighted by Crippen LogP contribution is 2.34. The van der Waals surface area contributed by atoms with Crippen molar-refractivity contribution in [3.63, 3.8) is 0 Å². The summed E-state index contributed by atoms with van der Waals surface area (Å²) in [6.45, 7) is 3.09. The number of thiophene rings is 1. The highest BCUT2D eigenvalue weighted by atomic mass is 79.9. The van der Waals surface area contributed by atoms with Crippen molar-refractivity contribution in [1.29, 1.82) is 0 Å². The van der Waals surface area contributed by atoms with Gasteiger partial charge in [0.1, 0.15) is 0 Å². The van der Waals surface area contributed by atoms with Gasteiger partial charge in [-0.25, -0.2) is 0 Å². The maximum absolute atomic E-state index is 6.02. The number of nitrogens with zero attached hydrogens (tertiary/aromatic N) is 1. The van der Waals surface area contributed by atoms with E-state index in [1.807, 2.05) is 11.3 Å². The summed E-state index contributed by atoms with van der Waals surface area (Å²) in [4.78, 5) is 3.90. The summed E-state index contributed by atoms with van der Waals surface area (Å²) in [6.07, 6.45) is 5.44. The molecule has 0 amide bonds. The van der Waals surface area contributed by atoms with E-state index >= 15 is 0 Å². The van der Waals surface area contributed by atoms with Crippen molar-refractivity contribution in [3.05, 3.63) is 20.8 Å². The first-order valence-electron chi connectivity index (χ1n) is 6.79. The van der Waals surface area contributed by atoms with Gasteiger partial charge < -0.3 is 5.73 Å². The van der Waals surface area contributed by atoms with Crippen LogP contribution in [0.1, 0.15) is 43.5 Å². The van der Waals surface area contributed by atoms with E-state index in [-0.39, 0.29) is 0 Å². The quantitative estimate of drug-likeness (QED) is 0.903. The molecule has 0 saturated heterocycles. The summed E-state index contributed by atoms with van der Waals surface area (Å²) in [5.74, 6) is 0.793. The Morgan fingerprint density at radius 2 is 2.22 bits per heavy atom. The van der Waals surface area contributed by atoms with Gasteiger partial charge in [0.05, 0.1) is 6.04 Å². The normalized spacial score (nSPS) is 26.5. The molecule has 0 radical (unpaired) electrons. The van der Waals surface area contributed by atoms with Gasteiger partial charge in [-0.15, -0.1) is 11.3 Å². The van der Waals surface area contributed by atoms with Crippen molar-refractivity contribution in [2.75, 3.05) is 13.6 Å². The Labute approximate surface area is 123 Å². The van der Waals surface area contributed by atoms with Crippen LogP contribution in [0.4, 0.5) is 0 Å². The SMILES string of the molecule is CC1CCCCC1N(C)C(CN)c1cc(Br)cs1. The van der Waals surface area contributed by atoms with Gasteiger partial charge >= 0.3 is 0 Å². The summed E-state index contributed by atoms with van der Waals surface area (Å²) in [5.41, 5.74) is 6.02. The highest BCUT2D eigenvalue weighted by molar-refractivity contribution is 9.10. The second-order valence-corrected chi connectivity index (χ2v) is 7.27. The van der Waals surface area contributed by atoms with Crippen LogP contribution >= 0.6 is 27.3 Å². The molecule has 2 N–H and O–H groups in total. The lowest BCUT2D eigenvalue weighted by molar-refractivity contribution is 0.101. The van der Waals surface area contributed by atoms with Crippen LogP contribution in [0, 0.1) is 5.92 Å². The second kappa shape index (κ2) is 6.51. The van der Waals surface area contributed by atoms with Crippen LogP contribution in [-0.4, -0.2) is 24.5 Å². The average molecular weight is 331 g/mol. The van der Waals surface area contributed by atoms with Gasteiger partial charge in [-0.3, -0.25) is 4.90 Å². The molecule has 1 fully saturated rings. The van der Waals surface area contributed by atoms with E-state index in [2.05, 4.69) is 46.2 Å². The number of hydrogen-bond acceptors (Lipinski definition) is 3. The Morgan fingerprint density at radius 3 is 2.78 bits per heavy atom. The molecule has 1 aromatic rings. The topological polar surface area (TPSA) is 29.3 Å². The van der Waals surface area contributed by atoms with Gasteiger partial charge in [-0.05, 0) is 47.8 Å². The van der Waals surface area contributed by atoms with E-state index in [1.165, 1.54) is 35.0 Å². The first-order chi connectivity index (χ1) is 8.63. The van der Waals surface area contributed by atoms with E-state index in [9.17, 15) is 0 Å². The van der Waals surface area contributed by atoms with Crippen molar-refractivity contribution >= 4 is 27.3 Å². The predicted molar refractivity (Wildman–Crippen MR) is 83.0 cm³/mol. The second-order valence-electron chi connectivity index (χ2n) is 5.41. The summed E-state index contributed by atoms with van der Waals surface area (Å²) in [7, 11) is 2.25. The monoisotopic (exact) mass is 330 g/mol. The minimum absolute atomic E-state index is 0.367. The number of rotatable bonds is 4. The molecule has 3 atom stereocenters. The molecule has 1 aliphatic carbocycles. The molecule has 18 heavy (non-hydrogen) atoms. The molecule has 0 aliphatic heterocycles. The van der Waals surface area contributed by atoms with Crippen LogP contribution in [-0.2, 0) is 0 Å². The predicted octanol–water partition coefficient (Wildman–Crippen LogP) is 4.02. The minimum atomic E-state index is 0.367. The van der Waals surface area contributed by atoms with Crippen molar-refractivity contribution in [3.8, 4) is 0 Å². The van der Waals surface area contributed by atoms with Gasteiger partial charge in [0.15, 0.2) is 0 Å². The number of nitrogens with two attached hydrogens (primary N) is 1. The maximum Gasteiger partial charge on any atom is 0.0564 e. The smallest absolute Gasteiger partial charge is 0.0564 e. The van der Waals surface area contributed by atoms with Crippen LogP contribution in [0.3, 0.4) is 0 Å². The third kappa shape index (κ3) is 3.16. The molecule has 0 spiro atoms. The van der Waals surface area contributed by atoms with Gasteiger partial charge in [-0.2, -0.15) is 0 Å². The number of likely N-dealkylation sites (N-methyl/N-ethyl adjacent to an activating group) is 1. The standard InChI is InChI=1S/C14H23BrN2S/c1-10-5-3-4-6-12(10)17(2)13(8-16)14-7-11(15)9-18-14/h7,9-10,12-13H,3-6,8,16H2,1-2H3. The zero-order chi connectivity index (χ0) is 13.1. The molecule has 1 aliphatic rings. The van der Waals surface area contributed by atoms with E-state index in [4.69, 9.17) is 5.73 Å². The van der Waals surface area contributed by atoms with E-state index in [0.717, 1.165) is 5.92 Å². The fourth-order valence-electron chi connectivity index (χ4n) is 3.12. The van der Waals surface area contributed by atoms with E-state index in [0.29, 0.717) is 18.6 Å². The van der Waals surface area contributed by atoms with Crippen molar-refractivity contribution < 1.29 is 0 Å². The third-order valence-corrected chi connectivity index (χ3v) is 6.02. The first-order valence-corrected chi connectivity index (χ1v) is 8.46. The minimum Gasteiger partial charge on any atom is -0.329 e. The molecule has 3 unspecified atom stereocenters. The number of hydrogen-bond donors (Lipinski definition) is 1. The third-order valence-electron chi connectivity index (χ3n) is 4.22. The molecular weight excluding hydrogens is 308 g/mol. The lowest BCUT2D eigenvalue weighted by Crippen LogP contribution is -2.43. The first kappa shape index (κ1) is 14.5. The summed E-state index contributed by atoms with van der Waals surface area (Å²) >= 11 is 5.34.